The summed E-state index contributed by atoms with van der Waals surface area (Å²) in [5.41, 5.74) is 0. The maximum atomic E-state index is 12.6. The van der Waals surface area contributed by atoms with Crippen molar-refractivity contribution in [1.29, 1.82) is 0 Å². The molecule has 0 saturated heterocycles. The van der Waals surface area contributed by atoms with Crippen molar-refractivity contribution in [2.75, 3.05) is 32.8 Å². The van der Waals surface area contributed by atoms with Gasteiger partial charge in [0.1, 0.15) is 6.10 Å². The number of carbonyl (C=O) groups is 2. The lowest BCUT2D eigenvalue weighted by molar-refractivity contribution is -0.150. The van der Waals surface area contributed by atoms with Gasteiger partial charge in [-0.2, -0.15) is 4.91 Å². The molecule has 0 fully saturated rings. The highest BCUT2D eigenvalue weighted by molar-refractivity contribution is 5.69. The summed E-state index contributed by atoms with van der Waals surface area (Å²) in [5.74, 6) is -0.0446. The van der Waals surface area contributed by atoms with Crippen LogP contribution >= 0.6 is 0 Å². The monoisotopic (exact) mass is 695 g/mol. The van der Waals surface area contributed by atoms with E-state index in [4.69, 9.17) is 9.47 Å². The molecule has 0 saturated carbocycles. The second kappa shape index (κ2) is 39.3. The molecule has 290 valence electrons. The average Bonchev–Trinajstić information content (AvgIpc) is 3.10. The van der Waals surface area contributed by atoms with Crippen LogP contribution < -0.4 is 0 Å². The van der Waals surface area contributed by atoms with Gasteiger partial charge in [0.05, 0.1) is 13.2 Å². The van der Waals surface area contributed by atoms with Gasteiger partial charge in [-0.15, -0.1) is 0 Å². The number of rotatable bonds is 40. The van der Waals surface area contributed by atoms with Crippen molar-refractivity contribution < 1.29 is 19.1 Å². The molecule has 0 aromatic rings. The van der Waals surface area contributed by atoms with Crippen LogP contribution in [-0.2, 0) is 19.1 Å². The first kappa shape index (κ1) is 47.5. The van der Waals surface area contributed by atoms with Crippen LogP contribution in [0.2, 0.25) is 0 Å². The van der Waals surface area contributed by atoms with E-state index in [9.17, 15) is 14.5 Å². The number of ether oxygens (including phenoxy) is 2. The zero-order valence-corrected chi connectivity index (χ0v) is 33.0. The van der Waals surface area contributed by atoms with Crippen LogP contribution in [0.25, 0.3) is 0 Å². The Labute approximate surface area is 304 Å². The summed E-state index contributed by atoms with van der Waals surface area (Å²) < 4.78 is 11.4. The standard InChI is InChI=1S/C42H82N2O5/c1-4-7-10-13-15-23-30-39-48-41(45)33-26-19-16-21-28-36-44(38-35-43-47)37-29-22-17-20-27-34-42(46)49-40(31-24-12-9-6-3)32-25-18-14-11-8-5-2/h40H,4-39H2,1-3H3. The van der Waals surface area contributed by atoms with Crippen LogP contribution in [0.15, 0.2) is 5.18 Å². The molecule has 0 amide bonds. The number of nitroso groups, excluding NO2 is 1. The second-order valence-corrected chi connectivity index (χ2v) is 14.6. The molecule has 1 atom stereocenters. The summed E-state index contributed by atoms with van der Waals surface area (Å²) in [5, 5.41) is 3.09. The first-order chi connectivity index (χ1) is 24.1. The molecule has 0 radical (unpaired) electrons. The van der Waals surface area contributed by atoms with Gasteiger partial charge in [0.15, 0.2) is 0 Å². The van der Waals surface area contributed by atoms with Crippen molar-refractivity contribution in [3.8, 4) is 0 Å². The number of hydrogen-bond donors (Lipinski definition) is 0. The van der Waals surface area contributed by atoms with Crippen molar-refractivity contribution in [2.45, 2.75) is 226 Å². The number of esters is 2. The normalized spacial score (nSPS) is 12.0. The van der Waals surface area contributed by atoms with Crippen LogP contribution in [0.1, 0.15) is 220 Å². The van der Waals surface area contributed by atoms with Crippen LogP contribution in [0.4, 0.5) is 0 Å². The third kappa shape index (κ3) is 36.1. The highest BCUT2D eigenvalue weighted by atomic mass is 16.5. The van der Waals surface area contributed by atoms with Gasteiger partial charge in [-0.25, -0.2) is 0 Å². The zero-order chi connectivity index (χ0) is 35.9. The van der Waals surface area contributed by atoms with E-state index in [1.165, 1.54) is 96.3 Å². The maximum absolute atomic E-state index is 12.6. The lowest BCUT2D eigenvalue weighted by Crippen LogP contribution is -2.28. The average molecular weight is 695 g/mol. The molecular weight excluding hydrogens is 612 g/mol. The molecule has 49 heavy (non-hydrogen) atoms. The molecule has 0 aliphatic carbocycles. The second-order valence-electron chi connectivity index (χ2n) is 14.6. The topological polar surface area (TPSA) is 85.3 Å². The molecule has 1 unspecified atom stereocenters. The van der Waals surface area contributed by atoms with E-state index in [1.807, 2.05) is 0 Å². The van der Waals surface area contributed by atoms with E-state index in [-0.39, 0.29) is 18.0 Å². The van der Waals surface area contributed by atoms with E-state index in [0.717, 1.165) is 110 Å². The fraction of sp³-hybridized carbons (Fsp3) is 0.952. The summed E-state index contributed by atoms with van der Waals surface area (Å²) in [6.45, 7) is 10.4. The third-order valence-corrected chi connectivity index (χ3v) is 9.79. The van der Waals surface area contributed by atoms with E-state index in [1.54, 1.807) is 0 Å². The Morgan fingerprint density at radius 3 is 1.41 bits per heavy atom. The van der Waals surface area contributed by atoms with Gasteiger partial charge < -0.3 is 14.4 Å². The van der Waals surface area contributed by atoms with Gasteiger partial charge in [0.25, 0.3) is 0 Å². The van der Waals surface area contributed by atoms with Crippen molar-refractivity contribution in [1.82, 2.24) is 4.90 Å². The Kier molecular flexibility index (Phi) is 38.1. The maximum Gasteiger partial charge on any atom is 0.306 e. The van der Waals surface area contributed by atoms with Crippen molar-refractivity contribution in [3.05, 3.63) is 4.91 Å². The van der Waals surface area contributed by atoms with Crippen LogP contribution in [0.3, 0.4) is 0 Å². The molecule has 0 aliphatic rings. The number of hydrogen-bond acceptors (Lipinski definition) is 7. The summed E-state index contributed by atoms with van der Waals surface area (Å²) in [7, 11) is 0. The van der Waals surface area contributed by atoms with E-state index >= 15 is 0 Å². The van der Waals surface area contributed by atoms with Crippen molar-refractivity contribution in [3.63, 3.8) is 0 Å². The highest BCUT2D eigenvalue weighted by Crippen LogP contribution is 2.18. The van der Waals surface area contributed by atoms with Crippen molar-refractivity contribution >= 4 is 11.9 Å². The van der Waals surface area contributed by atoms with E-state index in [0.29, 0.717) is 26.0 Å². The summed E-state index contributed by atoms with van der Waals surface area (Å²) >= 11 is 0. The summed E-state index contributed by atoms with van der Waals surface area (Å²) in [4.78, 5) is 37.7. The van der Waals surface area contributed by atoms with E-state index in [2.05, 4.69) is 30.8 Å². The minimum Gasteiger partial charge on any atom is -0.466 e. The van der Waals surface area contributed by atoms with E-state index < -0.39 is 0 Å². The predicted molar refractivity (Wildman–Crippen MR) is 208 cm³/mol. The lowest BCUT2D eigenvalue weighted by atomic mass is 10.0. The Balaban J connectivity index is 3.97. The van der Waals surface area contributed by atoms with Crippen LogP contribution in [0.5, 0.6) is 0 Å². The quantitative estimate of drug-likeness (QED) is 0.0360. The van der Waals surface area contributed by atoms with Gasteiger partial charge in [0, 0.05) is 19.4 Å². The minimum absolute atomic E-state index is 0.00209. The SMILES string of the molecule is CCCCCCCCCOC(=O)CCCCCCCN(CCCCCCCC(=O)OC(CCCCCC)CCCCCCCC)CCN=O. The van der Waals surface area contributed by atoms with Gasteiger partial charge in [-0.3, -0.25) is 9.59 Å². The number of nitrogens with zero attached hydrogens (tertiary/aromatic N) is 2. The fourth-order valence-corrected chi connectivity index (χ4v) is 6.56. The zero-order valence-electron chi connectivity index (χ0n) is 33.0. The molecule has 0 heterocycles. The molecule has 0 rings (SSSR count). The van der Waals surface area contributed by atoms with Gasteiger partial charge in [-0.05, 0) is 70.9 Å². The Bertz CT molecular complexity index is 719. The summed E-state index contributed by atoms with van der Waals surface area (Å²) in [6.07, 6.45) is 35.1. The summed E-state index contributed by atoms with van der Waals surface area (Å²) in [6, 6.07) is 0. The lowest BCUT2D eigenvalue weighted by Gasteiger charge is -2.21. The molecule has 0 aliphatic heterocycles. The van der Waals surface area contributed by atoms with Crippen molar-refractivity contribution in [2.24, 2.45) is 5.18 Å². The van der Waals surface area contributed by atoms with Crippen LogP contribution in [-0.4, -0.2) is 55.7 Å². The fourth-order valence-electron chi connectivity index (χ4n) is 6.56. The van der Waals surface area contributed by atoms with Gasteiger partial charge in [-0.1, -0.05) is 154 Å². The van der Waals surface area contributed by atoms with Gasteiger partial charge in [0.2, 0.25) is 0 Å². The molecule has 0 aromatic carbocycles. The van der Waals surface area contributed by atoms with Gasteiger partial charge >= 0.3 is 11.9 Å². The molecule has 7 heteroatoms. The predicted octanol–water partition coefficient (Wildman–Crippen LogP) is 12.7. The molecule has 7 nitrogen and oxygen atoms in total. The Morgan fingerprint density at radius 2 is 0.898 bits per heavy atom. The minimum atomic E-state index is -0.0425. The Morgan fingerprint density at radius 1 is 0.490 bits per heavy atom. The molecule has 0 spiro atoms. The smallest absolute Gasteiger partial charge is 0.306 e. The number of unbranched alkanes of at least 4 members (excludes halogenated alkanes) is 22. The first-order valence-electron chi connectivity index (χ1n) is 21.4. The van der Waals surface area contributed by atoms with Crippen LogP contribution in [0, 0.1) is 4.91 Å². The first-order valence-corrected chi connectivity index (χ1v) is 21.4. The molecule has 0 aromatic heterocycles. The number of carbonyl (C=O) groups excluding carboxylic acids is 2. The third-order valence-electron chi connectivity index (χ3n) is 9.79. The molecule has 0 bridgehead atoms. The molecular formula is C42H82N2O5. The molecule has 0 N–H and O–H groups in total. The largest absolute Gasteiger partial charge is 0.466 e. The Hall–Kier alpha value is -1.50. The highest BCUT2D eigenvalue weighted by Gasteiger charge is 2.14.